The van der Waals surface area contributed by atoms with E-state index in [2.05, 4.69) is 31.2 Å². The Bertz CT molecular complexity index is 2100. The fraction of sp³-hybridized carbons (Fsp3) is 0.250. The molecule has 1 aliphatic carbocycles. The van der Waals surface area contributed by atoms with Crippen molar-refractivity contribution < 1.29 is 14.3 Å². The zero-order valence-corrected chi connectivity index (χ0v) is 28.1. The lowest BCUT2D eigenvalue weighted by atomic mass is 10.1. The Kier molecular flexibility index (Phi) is 8.34. The van der Waals surface area contributed by atoms with Crippen molar-refractivity contribution in [1.82, 2.24) is 29.3 Å². The van der Waals surface area contributed by atoms with Gasteiger partial charge in [-0.25, -0.2) is 14.8 Å². The molecular weight excluding hydrogens is 674 g/mol. The summed E-state index contributed by atoms with van der Waals surface area (Å²) < 4.78 is 9.88. The van der Waals surface area contributed by atoms with Crippen LogP contribution in [0.2, 0.25) is 0 Å². The van der Waals surface area contributed by atoms with Gasteiger partial charge >= 0.3 is 5.69 Å². The molecule has 0 radical (unpaired) electrons. The second-order valence-corrected chi connectivity index (χ2v) is 13.1. The van der Waals surface area contributed by atoms with Crippen LogP contribution in [0.3, 0.4) is 0 Å². The summed E-state index contributed by atoms with van der Waals surface area (Å²) >= 11 is 3.51. The average Bonchev–Trinajstić information content (AvgIpc) is 3.86. The van der Waals surface area contributed by atoms with Crippen LogP contribution in [0.25, 0.3) is 17.1 Å². The number of carbonyl (C=O) groups excluding carboxylic acids is 2. The summed E-state index contributed by atoms with van der Waals surface area (Å²) in [5.41, 5.74) is 9.70. The lowest BCUT2D eigenvalue weighted by Crippen LogP contribution is -2.47. The maximum absolute atomic E-state index is 14.3. The fourth-order valence-corrected chi connectivity index (χ4v) is 6.26. The third-order valence-corrected chi connectivity index (χ3v) is 9.61. The minimum atomic E-state index is -0.455. The van der Waals surface area contributed by atoms with Crippen LogP contribution in [0.15, 0.2) is 88.3 Å². The van der Waals surface area contributed by atoms with Crippen molar-refractivity contribution in [3.63, 3.8) is 0 Å². The molecule has 12 heteroatoms. The molecule has 5 aromatic rings. The number of anilines is 1. The van der Waals surface area contributed by atoms with E-state index in [1.165, 1.54) is 4.57 Å². The maximum atomic E-state index is 14.3. The van der Waals surface area contributed by atoms with Crippen LogP contribution in [-0.4, -0.2) is 48.0 Å². The van der Waals surface area contributed by atoms with Gasteiger partial charge in [-0.2, -0.15) is 0 Å². The average molecular weight is 709 g/mol. The predicted molar refractivity (Wildman–Crippen MR) is 185 cm³/mol. The number of nitrogen functional groups attached to an aromatic ring is 1. The minimum absolute atomic E-state index is 0.0801. The van der Waals surface area contributed by atoms with Gasteiger partial charge in [0.1, 0.15) is 17.3 Å². The number of amides is 2. The molecule has 48 heavy (non-hydrogen) atoms. The Labute approximate surface area is 285 Å². The smallest absolute Gasteiger partial charge is 0.333 e. The third kappa shape index (κ3) is 6.11. The fourth-order valence-electron chi connectivity index (χ4n) is 6.01. The van der Waals surface area contributed by atoms with Crippen LogP contribution < -0.4 is 21.5 Å². The molecule has 0 spiro atoms. The van der Waals surface area contributed by atoms with Crippen LogP contribution in [0.5, 0.6) is 5.75 Å². The van der Waals surface area contributed by atoms with Crippen LogP contribution in [0.4, 0.5) is 5.82 Å². The zero-order chi connectivity index (χ0) is 33.5. The molecule has 11 nitrogen and oxygen atoms in total. The molecule has 2 amide bonds. The number of aryl methyl sites for hydroxylation is 1. The van der Waals surface area contributed by atoms with Gasteiger partial charge in [0.2, 0.25) is 0 Å². The first-order valence-electron chi connectivity index (χ1n) is 15.8. The number of aromatic nitrogens is 4. The molecule has 7 rings (SSSR count). The molecule has 1 saturated carbocycles. The van der Waals surface area contributed by atoms with E-state index in [9.17, 15) is 14.4 Å². The Morgan fingerprint density at radius 2 is 1.83 bits per heavy atom. The predicted octanol–water partition coefficient (Wildman–Crippen LogP) is 5.26. The lowest BCUT2D eigenvalue weighted by Gasteiger charge is -2.34. The standard InChI is InChI=1S/C36H34BrN7O4/c1-21-17-23(7-14-29(21)37)35(46)42-20-30-32(34(45)40-18-24-5-3-4-6-28(24)33-39-16-15-31(38)41-33)44(36(47)43(30)19-22(42)2)25-8-10-26(11-9-25)48-27-12-13-27/h3-11,14-17,22,27H,12-13,18-20H2,1-2H3,(H,40,45)(H2,38,39,41)/t22-/m1/s1. The lowest BCUT2D eigenvalue weighted by molar-refractivity contribution is 0.0610. The van der Waals surface area contributed by atoms with Crippen LogP contribution >= 0.6 is 15.9 Å². The van der Waals surface area contributed by atoms with E-state index in [-0.39, 0.29) is 49.1 Å². The highest BCUT2D eigenvalue weighted by molar-refractivity contribution is 9.10. The molecule has 3 aromatic carbocycles. The van der Waals surface area contributed by atoms with Gasteiger partial charge in [-0.15, -0.1) is 0 Å². The first kappa shape index (κ1) is 31.4. The highest BCUT2D eigenvalue weighted by Gasteiger charge is 2.35. The molecule has 3 N–H and O–H groups in total. The zero-order valence-electron chi connectivity index (χ0n) is 26.5. The summed E-state index contributed by atoms with van der Waals surface area (Å²) in [5.74, 6) is 0.860. The van der Waals surface area contributed by atoms with Crippen molar-refractivity contribution in [2.45, 2.75) is 58.5 Å². The molecule has 0 unspecified atom stereocenters. The summed E-state index contributed by atoms with van der Waals surface area (Å²) in [4.78, 5) is 52.7. The van der Waals surface area contributed by atoms with Crippen molar-refractivity contribution in [1.29, 1.82) is 0 Å². The summed E-state index contributed by atoms with van der Waals surface area (Å²) in [7, 11) is 0. The first-order valence-corrected chi connectivity index (χ1v) is 16.6. The van der Waals surface area contributed by atoms with Gasteiger partial charge in [-0.1, -0.05) is 40.2 Å². The normalized spacial score (nSPS) is 15.6. The maximum Gasteiger partial charge on any atom is 0.333 e. The van der Waals surface area contributed by atoms with Gasteiger partial charge < -0.3 is 20.7 Å². The van der Waals surface area contributed by atoms with Crippen molar-refractivity contribution in [3.8, 4) is 22.8 Å². The number of hydrogen-bond acceptors (Lipinski definition) is 7. The van der Waals surface area contributed by atoms with E-state index in [0.717, 1.165) is 34.0 Å². The minimum Gasteiger partial charge on any atom is -0.490 e. The largest absolute Gasteiger partial charge is 0.490 e. The molecule has 2 aliphatic rings. The second kappa shape index (κ2) is 12.8. The van der Waals surface area contributed by atoms with E-state index in [4.69, 9.17) is 10.5 Å². The number of rotatable bonds is 8. The van der Waals surface area contributed by atoms with Crippen molar-refractivity contribution in [2.75, 3.05) is 5.73 Å². The number of hydrogen-bond donors (Lipinski definition) is 2. The Morgan fingerprint density at radius 3 is 2.56 bits per heavy atom. The summed E-state index contributed by atoms with van der Waals surface area (Å²) in [6, 6.07) is 21.5. The number of nitrogens with two attached hydrogens (primary N) is 1. The summed E-state index contributed by atoms with van der Waals surface area (Å²) in [6.07, 6.45) is 3.86. The van der Waals surface area contributed by atoms with Crippen molar-refractivity contribution >= 4 is 33.6 Å². The van der Waals surface area contributed by atoms with Gasteiger partial charge in [0.25, 0.3) is 11.8 Å². The molecule has 244 valence electrons. The van der Waals surface area contributed by atoms with E-state index in [1.807, 2.05) is 62.4 Å². The van der Waals surface area contributed by atoms with Crippen LogP contribution in [0, 0.1) is 6.92 Å². The van der Waals surface area contributed by atoms with E-state index < -0.39 is 5.91 Å². The van der Waals surface area contributed by atoms with E-state index in [0.29, 0.717) is 34.3 Å². The number of nitrogens with one attached hydrogen (secondary N) is 1. The Hall–Kier alpha value is -5.23. The SMILES string of the molecule is Cc1cc(C(=O)N2Cc3c(C(=O)NCc4ccccc4-c4nccc(N)n4)n(-c4ccc(OC5CC5)cc4)c(=O)n3C[C@H]2C)ccc1Br. The second-order valence-electron chi connectivity index (χ2n) is 12.2. The molecular formula is C36H34BrN7O4. The molecule has 0 saturated heterocycles. The number of fused-ring (bicyclic) bond motifs is 1. The van der Waals surface area contributed by atoms with Crippen molar-refractivity contribution in [2.24, 2.45) is 0 Å². The number of carbonyl (C=O) groups is 2. The third-order valence-electron chi connectivity index (χ3n) is 8.72. The highest BCUT2D eigenvalue weighted by Crippen LogP contribution is 2.29. The van der Waals surface area contributed by atoms with Crippen molar-refractivity contribution in [3.05, 3.63) is 122 Å². The first-order chi connectivity index (χ1) is 23.2. The monoisotopic (exact) mass is 707 g/mol. The number of nitrogens with zero attached hydrogens (tertiary/aromatic N) is 5. The number of halogens is 1. The Morgan fingerprint density at radius 1 is 1.06 bits per heavy atom. The Balaban J connectivity index is 1.26. The molecule has 1 fully saturated rings. The van der Waals surface area contributed by atoms with Gasteiger partial charge in [-0.3, -0.25) is 18.7 Å². The van der Waals surface area contributed by atoms with Gasteiger partial charge in [0.05, 0.1) is 24.0 Å². The quantitative estimate of drug-likeness (QED) is 0.224. The summed E-state index contributed by atoms with van der Waals surface area (Å²) in [5, 5.41) is 3.03. The summed E-state index contributed by atoms with van der Waals surface area (Å²) in [6.45, 7) is 4.29. The number of imidazole rings is 1. The molecule has 1 atom stereocenters. The van der Waals surface area contributed by atoms with Gasteiger partial charge in [0, 0.05) is 40.9 Å². The number of benzene rings is 3. The van der Waals surface area contributed by atoms with E-state index >= 15 is 0 Å². The van der Waals surface area contributed by atoms with Gasteiger partial charge in [0.15, 0.2) is 5.82 Å². The molecule has 1 aliphatic heterocycles. The topological polar surface area (TPSA) is 137 Å². The highest BCUT2D eigenvalue weighted by atomic mass is 79.9. The number of ether oxygens (including phenoxy) is 1. The van der Waals surface area contributed by atoms with Crippen LogP contribution in [-0.2, 0) is 19.6 Å². The molecule has 2 aromatic heterocycles. The van der Waals surface area contributed by atoms with Crippen LogP contribution in [0.1, 0.15) is 57.4 Å². The molecule has 3 heterocycles. The molecule has 0 bridgehead atoms. The van der Waals surface area contributed by atoms with E-state index in [1.54, 1.807) is 39.9 Å². The van der Waals surface area contributed by atoms with Gasteiger partial charge in [-0.05, 0) is 86.3 Å².